The first kappa shape index (κ1) is 40.7. The van der Waals surface area contributed by atoms with Crippen LogP contribution in [0, 0.1) is 0 Å². The van der Waals surface area contributed by atoms with E-state index in [0.717, 1.165) is 5.56 Å². The zero-order valence-electron chi connectivity index (χ0n) is 23.2. The van der Waals surface area contributed by atoms with Gasteiger partial charge in [-0.1, -0.05) is 30.3 Å². The van der Waals surface area contributed by atoms with Crippen LogP contribution in [-0.2, 0) is 35.2 Å². The van der Waals surface area contributed by atoms with Crippen LogP contribution in [0.4, 0.5) is 0 Å². The van der Waals surface area contributed by atoms with Gasteiger partial charge in [0.15, 0.2) is 5.96 Å². The molecule has 0 fully saturated rings. The predicted molar refractivity (Wildman–Crippen MR) is 158 cm³/mol. The Bertz CT molecular complexity index is 1070. The van der Waals surface area contributed by atoms with E-state index in [1.807, 2.05) is 35.6 Å². The molecule has 43 heavy (non-hydrogen) atoms. The second kappa shape index (κ2) is 23.1. The summed E-state index contributed by atoms with van der Waals surface area (Å²) in [5, 5.41) is 38.1. The standard InChI is InChI=1S/C12H22N6O6.C9H11NO2.C3H7NO2S/c13-6(2-1-3-16-12(14)15)10(22)17-5-8(19)18-7(11(23)24)4-9(20)21;10-8(9(11)12)6-7-4-2-1-3-5-7;4-2(1-7)3(5)6/h6-7H,1-5,13H2,(H,17,22)(H,18,19)(H,20,21)(H,23,24)(H4,14,15,16);1-5,8H,6,10H2,(H,11,12);2,7H,1,4H2,(H,5,6). The van der Waals surface area contributed by atoms with E-state index < -0.39 is 72.8 Å². The Morgan fingerprint density at radius 3 is 1.81 bits per heavy atom. The lowest BCUT2D eigenvalue weighted by Gasteiger charge is -2.14. The molecule has 0 aliphatic rings. The molecule has 0 bridgehead atoms. The third-order valence-electron chi connectivity index (χ3n) is 4.87. The summed E-state index contributed by atoms with van der Waals surface area (Å²) in [5.74, 6) is -6.17. The summed E-state index contributed by atoms with van der Waals surface area (Å²) in [5.41, 5.74) is 27.1. The minimum Gasteiger partial charge on any atom is -0.481 e. The lowest BCUT2D eigenvalue weighted by Crippen LogP contribution is -2.49. The minimum absolute atomic E-state index is 0.0703. The van der Waals surface area contributed by atoms with Crippen molar-refractivity contribution >= 4 is 54.3 Å². The van der Waals surface area contributed by atoms with Crippen molar-refractivity contribution in [3.05, 3.63) is 35.9 Å². The monoisotopic (exact) mass is 632 g/mol. The van der Waals surface area contributed by atoms with Gasteiger partial charge in [-0.15, -0.1) is 0 Å². The summed E-state index contributed by atoms with van der Waals surface area (Å²) in [4.78, 5) is 68.3. The Hall–Kier alpha value is -4.46. The van der Waals surface area contributed by atoms with Crippen molar-refractivity contribution in [2.45, 2.75) is 49.9 Å². The summed E-state index contributed by atoms with van der Waals surface area (Å²) in [6, 6.07) is 5.26. The van der Waals surface area contributed by atoms with Crippen LogP contribution in [-0.4, -0.2) is 105 Å². The summed E-state index contributed by atoms with van der Waals surface area (Å²) in [7, 11) is 0. The number of carbonyl (C=O) groups is 6. The molecule has 0 heterocycles. The van der Waals surface area contributed by atoms with Gasteiger partial charge in [-0.25, -0.2) is 4.79 Å². The zero-order valence-corrected chi connectivity index (χ0v) is 24.1. The van der Waals surface area contributed by atoms with Crippen LogP contribution >= 0.6 is 12.6 Å². The van der Waals surface area contributed by atoms with Gasteiger partial charge in [0.1, 0.15) is 18.1 Å². The molecule has 0 aliphatic carbocycles. The lowest BCUT2D eigenvalue weighted by atomic mass is 10.1. The average molecular weight is 633 g/mol. The molecule has 0 spiro atoms. The number of hydrogen-bond donors (Lipinski definition) is 12. The van der Waals surface area contributed by atoms with Gasteiger partial charge in [0, 0.05) is 12.3 Å². The fourth-order valence-corrected chi connectivity index (χ4v) is 2.76. The molecule has 16 N–H and O–H groups in total. The maximum Gasteiger partial charge on any atom is 0.326 e. The molecule has 1 aromatic carbocycles. The third-order valence-corrected chi connectivity index (χ3v) is 5.26. The van der Waals surface area contributed by atoms with Gasteiger partial charge in [-0.2, -0.15) is 12.6 Å². The minimum atomic E-state index is -1.58. The first-order valence-corrected chi connectivity index (χ1v) is 13.1. The van der Waals surface area contributed by atoms with Gasteiger partial charge in [-0.05, 0) is 24.8 Å². The van der Waals surface area contributed by atoms with Crippen LogP contribution in [0.2, 0.25) is 0 Å². The highest BCUT2D eigenvalue weighted by Gasteiger charge is 2.23. The zero-order chi connectivity index (χ0) is 33.5. The first-order chi connectivity index (χ1) is 20.0. The average Bonchev–Trinajstić information content (AvgIpc) is 2.93. The molecule has 0 saturated carbocycles. The fourth-order valence-electron chi connectivity index (χ4n) is 2.60. The number of rotatable bonds is 16. The molecule has 4 unspecified atom stereocenters. The van der Waals surface area contributed by atoms with Crippen molar-refractivity contribution in [1.29, 1.82) is 0 Å². The number of nitrogens with two attached hydrogens (primary N) is 5. The van der Waals surface area contributed by atoms with Crippen LogP contribution in [0.25, 0.3) is 0 Å². The first-order valence-electron chi connectivity index (χ1n) is 12.5. The van der Waals surface area contributed by atoms with Crippen LogP contribution in [0.1, 0.15) is 24.8 Å². The number of carbonyl (C=O) groups excluding carboxylic acids is 2. The summed E-state index contributed by atoms with van der Waals surface area (Å²) in [6.45, 7) is -0.219. The normalized spacial score (nSPS) is 12.7. The maximum absolute atomic E-state index is 11.7. The molecule has 1 rings (SSSR count). The van der Waals surface area contributed by atoms with E-state index in [1.165, 1.54) is 0 Å². The van der Waals surface area contributed by atoms with E-state index in [4.69, 9.17) is 49.1 Å². The molecule has 19 heteroatoms. The van der Waals surface area contributed by atoms with Crippen molar-refractivity contribution in [1.82, 2.24) is 10.6 Å². The van der Waals surface area contributed by atoms with Gasteiger partial charge in [0.05, 0.1) is 19.0 Å². The summed E-state index contributed by atoms with van der Waals surface area (Å²) in [6.07, 6.45) is 0.342. The van der Waals surface area contributed by atoms with E-state index in [1.54, 1.807) is 0 Å². The Morgan fingerprint density at radius 2 is 1.40 bits per heavy atom. The van der Waals surface area contributed by atoms with Gasteiger partial charge in [0.2, 0.25) is 11.8 Å². The summed E-state index contributed by atoms with van der Waals surface area (Å²) >= 11 is 3.65. The number of carboxylic acids is 4. The Balaban J connectivity index is 0. The van der Waals surface area contributed by atoms with E-state index in [-0.39, 0.29) is 18.1 Å². The van der Waals surface area contributed by atoms with E-state index >= 15 is 0 Å². The number of amides is 2. The Morgan fingerprint density at radius 1 is 0.837 bits per heavy atom. The highest BCUT2D eigenvalue weighted by Crippen LogP contribution is 2.01. The van der Waals surface area contributed by atoms with Crippen LogP contribution in [0.5, 0.6) is 0 Å². The van der Waals surface area contributed by atoms with Crippen molar-refractivity contribution in [3.8, 4) is 0 Å². The van der Waals surface area contributed by atoms with Crippen molar-refractivity contribution in [3.63, 3.8) is 0 Å². The molecule has 0 saturated heterocycles. The SMILES string of the molecule is NC(CS)C(=O)O.NC(Cc1ccccc1)C(=O)O.NC(N)=NCCCC(N)C(=O)NCC(=O)NC(CC(=O)O)C(=O)O. The van der Waals surface area contributed by atoms with E-state index in [0.29, 0.717) is 19.4 Å². The number of benzene rings is 1. The maximum atomic E-state index is 11.7. The number of aliphatic carboxylic acids is 4. The molecular weight excluding hydrogens is 592 g/mol. The molecule has 0 aliphatic heterocycles. The molecule has 1 aromatic rings. The molecule has 4 atom stereocenters. The van der Waals surface area contributed by atoms with Crippen molar-refractivity contribution in [2.24, 2.45) is 33.7 Å². The number of guanidine groups is 1. The largest absolute Gasteiger partial charge is 0.481 e. The topological polar surface area (TPSA) is 350 Å². The Labute approximate surface area is 252 Å². The van der Waals surface area contributed by atoms with E-state index in [9.17, 15) is 28.8 Å². The van der Waals surface area contributed by atoms with Crippen molar-refractivity contribution in [2.75, 3.05) is 18.8 Å². The molecule has 0 radical (unpaired) electrons. The number of nitrogens with zero attached hydrogens (tertiary/aromatic N) is 1. The lowest BCUT2D eigenvalue weighted by molar-refractivity contribution is -0.147. The molecular formula is C24H40N8O10S. The van der Waals surface area contributed by atoms with Gasteiger partial charge < -0.3 is 59.7 Å². The number of carboxylic acid groups (broad SMARTS) is 4. The van der Waals surface area contributed by atoms with Crippen LogP contribution < -0.4 is 39.3 Å². The van der Waals surface area contributed by atoms with Gasteiger partial charge in [0.25, 0.3) is 0 Å². The highest BCUT2D eigenvalue weighted by atomic mass is 32.1. The summed E-state index contributed by atoms with van der Waals surface area (Å²) < 4.78 is 0. The number of aliphatic imine (C=N–C) groups is 1. The second-order valence-electron chi connectivity index (χ2n) is 8.59. The molecule has 2 amide bonds. The van der Waals surface area contributed by atoms with Gasteiger partial charge >= 0.3 is 23.9 Å². The molecule has 242 valence electrons. The second-order valence-corrected chi connectivity index (χ2v) is 8.96. The third kappa shape index (κ3) is 22.9. The highest BCUT2D eigenvalue weighted by molar-refractivity contribution is 7.80. The van der Waals surface area contributed by atoms with Crippen molar-refractivity contribution < 1.29 is 49.2 Å². The number of thiol groups is 1. The smallest absolute Gasteiger partial charge is 0.326 e. The van der Waals surface area contributed by atoms with Gasteiger partial charge in [-0.3, -0.25) is 29.0 Å². The Kier molecular flexibility index (Phi) is 21.9. The fraction of sp³-hybridized carbons (Fsp3) is 0.458. The number of hydrogen-bond acceptors (Lipinski definition) is 11. The number of nitrogens with one attached hydrogen (secondary N) is 2. The predicted octanol–water partition coefficient (Wildman–Crippen LogP) is -3.50. The van der Waals surface area contributed by atoms with E-state index in [2.05, 4.69) is 22.9 Å². The molecule has 0 aromatic heterocycles. The quantitative estimate of drug-likeness (QED) is 0.0364. The molecule has 18 nitrogen and oxygen atoms in total. The van der Waals surface area contributed by atoms with Crippen LogP contribution in [0.3, 0.4) is 0 Å². The van der Waals surface area contributed by atoms with Crippen LogP contribution in [0.15, 0.2) is 35.3 Å².